The van der Waals surface area contributed by atoms with Gasteiger partial charge in [0.15, 0.2) is 6.29 Å². The number of carbonyl (C=O) groups excluding carboxylic acids is 1. The Morgan fingerprint density at radius 3 is 2.39 bits per heavy atom. The molecule has 0 aliphatic carbocycles. The van der Waals surface area contributed by atoms with Crippen LogP contribution in [0.1, 0.15) is 27.3 Å². The highest BCUT2D eigenvalue weighted by Crippen LogP contribution is 2.25. The SMILES string of the molecule is Cc1nn(Cc2c(Cl)cccc2Cl)c(C)c1C=O. The zero-order chi connectivity index (χ0) is 13.3. The van der Waals surface area contributed by atoms with Crippen LogP contribution in [0.25, 0.3) is 0 Å². The highest BCUT2D eigenvalue weighted by atomic mass is 35.5. The Labute approximate surface area is 115 Å². The van der Waals surface area contributed by atoms with Crippen molar-refractivity contribution in [3.8, 4) is 0 Å². The molecule has 0 fully saturated rings. The summed E-state index contributed by atoms with van der Waals surface area (Å²) in [6.07, 6.45) is 0.822. The zero-order valence-electron chi connectivity index (χ0n) is 10.1. The molecule has 0 bridgehead atoms. The Balaban J connectivity index is 2.44. The molecule has 2 aromatic rings. The Morgan fingerprint density at radius 1 is 1.28 bits per heavy atom. The lowest BCUT2D eigenvalue weighted by Gasteiger charge is -2.08. The van der Waals surface area contributed by atoms with E-state index in [2.05, 4.69) is 5.10 Å². The number of carbonyl (C=O) groups is 1. The van der Waals surface area contributed by atoms with Gasteiger partial charge in [0, 0.05) is 21.3 Å². The molecule has 0 spiro atoms. The van der Waals surface area contributed by atoms with Gasteiger partial charge in [0.1, 0.15) is 0 Å². The van der Waals surface area contributed by atoms with Gasteiger partial charge in [-0.15, -0.1) is 0 Å². The highest BCUT2D eigenvalue weighted by molar-refractivity contribution is 6.35. The van der Waals surface area contributed by atoms with E-state index in [4.69, 9.17) is 23.2 Å². The van der Waals surface area contributed by atoms with E-state index in [0.29, 0.717) is 27.8 Å². The standard InChI is InChI=1S/C13H12Cl2N2O/c1-8-11(7-18)9(2)17(16-8)6-10-12(14)4-3-5-13(10)15/h3-5,7H,6H2,1-2H3. The summed E-state index contributed by atoms with van der Waals surface area (Å²) < 4.78 is 1.74. The predicted molar refractivity (Wildman–Crippen MR) is 72.7 cm³/mol. The number of benzene rings is 1. The van der Waals surface area contributed by atoms with E-state index in [9.17, 15) is 4.79 Å². The molecular weight excluding hydrogens is 271 g/mol. The molecule has 0 atom stereocenters. The molecule has 0 amide bonds. The first-order chi connectivity index (χ1) is 8.54. The highest BCUT2D eigenvalue weighted by Gasteiger charge is 2.13. The van der Waals surface area contributed by atoms with E-state index in [-0.39, 0.29) is 0 Å². The van der Waals surface area contributed by atoms with E-state index in [1.54, 1.807) is 29.8 Å². The molecule has 2 rings (SSSR count). The summed E-state index contributed by atoms with van der Waals surface area (Å²) in [6, 6.07) is 5.37. The van der Waals surface area contributed by atoms with Crippen LogP contribution in [0.3, 0.4) is 0 Å². The van der Waals surface area contributed by atoms with Crippen molar-refractivity contribution < 1.29 is 4.79 Å². The van der Waals surface area contributed by atoms with Crippen LogP contribution in [0, 0.1) is 13.8 Å². The second kappa shape index (κ2) is 5.12. The molecule has 1 heterocycles. The van der Waals surface area contributed by atoms with Gasteiger partial charge >= 0.3 is 0 Å². The Kier molecular flexibility index (Phi) is 3.73. The topological polar surface area (TPSA) is 34.9 Å². The molecule has 1 aromatic carbocycles. The normalized spacial score (nSPS) is 10.7. The third-order valence-corrected chi connectivity index (χ3v) is 3.63. The number of hydrogen-bond acceptors (Lipinski definition) is 2. The summed E-state index contributed by atoms with van der Waals surface area (Å²) in [5.41, 5.74) is 2.96. The van der Waals surface area contributed by atoms with Gasteiger partial charge in [-0.1, -0.05) is 29.3 Å². The van der Waals surface area contributed by atoms with Crippen LogP contribution >= 0.6 is 23.2 Å². The van der Waals surface area contributed by atoms with Crippen LogP contribution in [0.15, 0.2) is 18.2 Å². The maximum absolute atomic E-state index is 10.9. The van der Waals surface area contributed by atoms with Gasteiger partial charge < -0.3 is 0 Å². The van der Waals surface area contributed by atoms with Crippen LogP contribution in [0.2, 0.25) is 10.0 Å². The van der Waals surface area contributed by atoms with Gasteiger partial charge in [-0.3, -0.25) is 9.48 Å². The molecule has 0 saturated carbocycles. The summed E-state index contributed by atoms with van der Waals surface area (Å²) >= 11 is 12.2. The van der Waals surface area contributed by atoms with Crippen molar-refractivity contribution in [2.45, 2.75) is 20.4 Å². The van der Waals surface area contributed by atoms with Gasteiger partial charge in [-0.2, -0.15) is 5.10 Å². The lowest BCUT2D eigenvalue weighted by atomic mass is 10.2. The largest absolute Gasteiger partial charge is 0.298 e. The molecule has 3 nitrogen and oxygen atoms in total. The average Bonchev–Trinajstić information content (AvgIpc) is 2.59. The van der Waals surface area contributed by atoms with E-state index in [0.717, 1.165) is 17.5 Å². The number of aryl methyl sites for hydroxylation is 1. The smallest absolute Gasteiger partial charge is 0.153 e. The minimum Gasteiger partial charge on any atom is -0.298 e. The molecule has 18 heavy (non-hydrogen) atoms. The molecule has 0 radical (unpaired) electrons. The molecule has 0 unspecified atom stereocenters. The van der Waals surface area contributed by atoms with Crippen molar-refractivity contribution in [2.24, 2.45) is 0 Å². The van der Waals surface area contributed by atoms with E-state index in [1.165, 1.54) is 0 Å². The van der Waals surface area contributed by atoms with Gasteiger partial charge in [0.2, 0.25) is 0 Å². The average molecular weight is 283 g/mol. The minimum absolute atomic E-state index is 0.457. The van der Waals surface area contributed by atoms with Gasteiger partial charge in [0.25, 0.3) is 0 Å². The van der Waals surface area contributed by atoms with Crippen molar-refractivity contribution in [2.75, 3.05) is 0 Å². The van der Waals surface area contributed by atoms with Crippen LogP contribution in [-0.4, -0.2) is 16.1 Å². The Hall–Kier alpha value is -1.32. The third kappa shape index (κ3) is 2.28. The summed E-state index contributed by atoms with van der Waals surface area (Å²) in [5.74, 6) is 0. The first kappa shape index (κ1) is 13.1. The molecule has 0 aliphatic rings. The number of nitrogens with zero attached hydrogens (tertiary/aromatic N) is 2. The van der Waals surface area contributed by atoms with Crippen LogP contribution in [-0.2, 0) is 6.54 Å². The maximum Gasteiger partial charge on any atom is 0.153 e. The second-order valence-electron chi connectivity index (χ2n) is 4.06. The van der Waals surface area contributed by atoms with E-state index in [1.807, 2.05) is 6.92 Å². The fraction of sp³-hybridized carbons (Fsp3) is 0.231. The van der Waals surface area contributed by atoms with Crippen molar-refractivity contribution >= 4 is 29.5 Å². The lowest BCUT2D eigenvalue weighted by Crippen LogP contribution is -2.05. The molecule has 94 valence electrons. The minimum atomic E-state index is 0.457. The fourth-order valence-electron chi connectivity index (χ4n) is 1.87. The fourth-order valence-corrected chi connectivity index (χ4v) is 2.39. The third-order valence-electron chi connectivity index (χ3n) is 2.92. The molecular formula is C13H12Cl2N2O. The summed E-state index contributed by atoms with van der Waals surface area (Å²) in [5, 5.41) is 5.53. The molecule has 0 N–H and O–H groups in total. The van der Waals surface area contributed by atoms with Crippen molar-refractivity contribution in [1.29, 1.82) is 0 Å². The van der Waals surface area contributed by atoms with Crippen LogP contribution in [0.5, 0.6) is 0 Å². The number of aromatic nitrogens is 2. The van der Waals surface area contributed by atoms with Crippen molar-refractivity contribution in [3.05, 3.63) is 50.8 Å². The van der Waals surface area contributed by atoms with Crippen molar-refractivity contribution in [1.82, 2.24) is 9.78 Å². The van der Waals surface area contributed by atoms with E-state index < -0.39 is 0 Å². The van der Waals surface area contributed by atoms with E-state index >= 15 is 0 Å². The van der Waals surface area contributed by atoms with Crippen LogP contribution in [0.4, 0.5) is 0 Å². The Morgan fingerprint density at radius 2 is 1.89 bits per heavy atom. The maximum atomic E-state index is 10.9. The number of aldehydes is 1. The summed E-state index contributed by atoms with van der Waals surface area (Å²) in [4.78, 5) is 10.9. The monoisotopic (exact) mass is 282 g/mol. The van der Waals surface area contributed by atoms with Crippen molar-refractivity contribution in [3.63, 3.8) is 0 Å². The lowest BCUT2D eigenvalue weighted by molar-refractivity contribution is 0.112. The predicted octanol–water partition coefficient (Wildman–Crippen LogP) is 3.67. The first-order valence-electron chi connectivity index (χ1n) is 5.46. The van der Waals surface area contributed by atoms with Gasteiger partial charge in [0.05, 0.1) is 17.8 Å². The Bertz CT molecular complexity index is 585. The zero-order valence-corrected chi connectivity index (χ0v) is 11.6. The van der Waals surface area contributed by atoms with Gasteiger partial charge in [-0.05, 0) is 26.0 Å². The first-order valence-corrected chi connectivity index (χ1v) is 6.22. The molecule has 0 aliphatic heterocycles. The summed E-state index contributed by atoms with van der Waals surface area (Å²) in [6.45, 7) is 4.12. The van der Waals surface area contributed by atoms with Crippen LogP contribution < -0.4 is 0 Å². The number of rotatable bonds is 3. The second-order valence-corrected chi connectivity index (χ2v) is 4.87. The molecule has 5 heteroatoms. The molecule has 1 aromatic heterocycles. The summed E-state index contributed by atoms with van der Waals surface area (Å²) in [7, 11) is 0. The number of hydrogen-bond donors (Lipinski definition) is 0. The molecule has 0 saturated heterocycles. The number of halogens is 2. The van der Waals surface area contributed by atoms with Gasteiger partial charge in [-0.25, -0.2) is 0 Å². The quantitative estimate of drug-likeness (QED) is 0.805.